The van der Waals surface area contributed by atoms with Crippen molar-refractivity contribution in [2.45, 2.75) is 26.3 Å². The molecule has 1 heterocycles. The molecule has 2 aromatic rings. The van der Waals surface area contributed by atoms with Crippen molar-refractivity contribution < 1.29 is 0 Å². The van der Waals surface area contributed by atoms with Crippen LogP contribution in [-0.2, 0) is 13.0 Å². The normalized spacial score (nSPS) is 11.5. The van der Waals surface area contributed by atoms with Crippen LogP contribution in [0.3, 0.4) is 0 Å². The molecule has 0 aliphatic rings. The van der Waals surface area contributed by atoms with Gasteiger partial charge in [0.2, 0.25) is 0 Å². The Morgan fingerprint density at radius 1 is 1.26 bits per heavy atom. The van der Waals surface area contributed by atoms with E-state index in [1.54, 1.807) is 6.20 Å². The van der Waals surface area contributed by atoms with Gasteiger partial charge in [0.25, 0.3) is 0 Å². The van der Waals surface area contributed by atoms with Crippen LogP contribution in [0.2, 0.25) is 5.02 Å². The summed E-state index contributed by atoms with van der Waals surface area (Å²) in [6.45, 7) is 5.43. The van der Waals surface area contributed by atoms with E-state index in [0.29, 0.717) is 0 Å². The fourth-order valence-corrected chi connectivity index (χ4v) is 2.30. The summed E-state index contributed by atoms with van der Waals surface area (Å²) in [5.41, 5.74) is 1.26. The van der Waals surface area contributed by atoms with Gasteiger partial charge in [0.15, 0.2) is 5.96 Å². The molecule has 2 rings (SSSR count). The summed E-state index contributed by atoms with van der Waals surface area (Å²) in [6.07, 6.45) is 5.68. The Labute approximate surface area is 142 Å². The maximum absolute atomic E-state index is 5.89. The van der Waals surface area contributed by atoms with E-state index in [-0.39, 0.29) is 0 Å². The van der Waals surface area contributed by atoms with Gasteiger partial charge in [-0.2, -0.15) is 5.10 Å². The molecule has 124 valence electrons. The first-order valence-electron chi connectivity index (χ1n) is 8.02. The van der Waals surface area contributed by atoms with E-state index in [9.17, 15) is 0 Å². The third-order valence-corrected chi connectivity index (χ3v) is 3.59. The molecule has 23 heavy (non-hydrogen) atoms. The van der Waals surface area contributed by atoms with Crippen LogP contribution < -0.4 is 10.6 Å². The summed E-state index contributed by atoms with van der Waals surface area (Å²) in [5.74, 6) is 0.863. The van der Waals surface area contributed by atoms with Crippen molar-refractivity contribution in [3.63, 3.8) is 0 Å². The summed E-state index contributed by atoms with van der Waals surface area (Å²) >= 11 is 5.89. The lowest BCUT2D eigenvalue weighted by atomic mass is 10.1. The number of aliphatic imine (C=N–C) groups is 1. The van der Waals surface area contributed by atoms with E-state index in [4.69, 9.17) is 11.6 Å². The fraction of sp³-hybridized carbons (Fsp3) is 0.412. The van der Waals surface area contributed by atoms with E-state index in [1.807, 2.05) is 29.1 Å². The maximum atomic E-state index is 5.89. The minimum atomic E-state index is 0.772. The molecule has 0 unspecified atom stereocenters. The summed E-state index contributed by atoms with van der Waals surface area (Å²) in [4.78, 5) is 4.59. The van der Waals surface area contributed by atoms with Crippen LogP contribution in [0.15, 0.2) is 47.7 Å². The Hall–Kier alpha value is -2.01. The minimum Gasteiger partial charge on any atom is -0.357 e. The number of aryl methyl sites for hydroxylation is 1. The number of rotatable bonds is 8. The average molecular weight is 334 g/mol. The fourth-order valence-electron chi connectivity index (χ4n) is 2.17. The molecule has 6 heteroatoms. The second-order valence-electron chi connectivity index (χ2n) is 5.19. The Bertz CT molecular complexity index is 578. The molecule has 0 atom stereocenters. The van der Waals surface area contributed by atoms with E-state index in [0.717, 1.165) is 50.0 Å². The highest BCUT2D eigenvalue weighted by Gasteiger charge is 1.98. The molecule has 1 aromatic carbocycles. The van der Waals surface area contributed by atoms with E-state index in [2.05, 4.69) is 39.8 Å². The van der Waals surface area contributed by atoms with Gasteiger partial charge in [-0.15, -0.1) is 0 Å². The molecular formula is C17H24ClN5. The second kappa shape index (κ2) is 9.90. The number of hydrogen-bond donors (Lipinski definition) is 2. The second-order valence-corrected chi connectivity index (χ2v) is 5.62. The number of benzene rings is 1. The molecule has 5 nitrogen and oxygen atoms in total. The van der Waals surface area contributed by atoms with Crippen molar-refractivity contribution in [3.8, 4) is 0 Å². The van der Waals surface area contributed by atoms with Crippen molar-refractivity contribution in [2.24, 2.45) is 4.99 Å². The molecule has 0 aliphatic carbocycles. The van der Waals surface area contributed by atoms with Crippen molar-refractivity contribution >= 4 is 17.6 Å². The number of halogens is 1. The van der Waals surface area contributed by atoms with Gasteiger partial charge >= 0.3 is 0 Å². The number of nitrogens with zero attached hydrogens (tertiary/aromatic N) is 3. The van der Waals surface area contributed by atoms with Crippen LogP contribution in [0, 0.1) is 0 Å². The summed E-state index contributed by atoms with van der Waals surface area (Å²) in [6, 6.07) is 9.89. The van der Waals surface area contributed by atoms with Crippen LogP contribution in [-0.4, -0.2) is 35.4 Å². The Kier molecular flexibility index (Phi) is 7.46. The summed E-state index contributed by atoms with van der Waals surface area (Å²) in [7, 11) is 0. The molecule has 0 saturated carbocycles. The van der Waals surface area contributed by atoms with E-state index in [1.165, 1.54) is 5.56 Å². The van der Waals surface area contributed by atoms with Gasteiger partial charge in [0, 0.05) is 43.6 Å². The quantitative estimate of drug-likeness (QED) is 0.443. The number of aromatic nitrogens is 2. The molecule has 0 radical (unpaired) electrons. The third-order valence-electron chi connectivity index (χ3n) is 3.34. The van der Waals surface area contributed by atoms with Crippen molar-refractivity contribution in [1.82, 2.24) is 20.4 Å². The van der Waals surface area contributed by atoms with Crippen molar-refractivity contribution in [2.75, 3.05) is 19.6 Å². The molecule has 0 aliphatic heterocycles. The lowest BCUT2D eigenvalue weighted by Crippen LogP contribution is -2.38. The molecule has 0 bridgehead atoms. The van der Waals surface area contributed by atoms with Gasteiger partial charge in [0.1, 0.15) is 0 Å². The van der Waals surface area contributed by atoms with Gasteiger partial charge in [-0.05, 0) is 43.5 Å². The van der Waals surface area contributed by atoms with Crippen molar-refractivity contribution in [3.05, 3.63) is 53.3 Å². The lowest BCUT2D eigenvalue weighted by molar-refractivity contribution is 0.584. The van der Waals surface area contributed by atoms with Gasteiger partial charge in [-0.1, -0.05) is 23.7 Å². The standard InChI is InChI=1S/C17H24ClN5/c1-2-19-17(20-10-3-13-23-14-4-11-22-23)21-12-9-15-5-7-16(18)8-6-15/h4-8,11,14H,2-3,9-10,12-13H2,1H3,(H2,19,20,21). The molecule has 0 saturated heterocycles. The van der Waals surface area contributed by atoms with Gasteiger partial charge in [-0.3, -0.25) is 9.67 Å². The van der Waals surface area contributed by atoms with Crippen LogP contribution in [0.5, 0.6) is 0 Å². The zero-order chi connectivity index (χ0) is 16.3. The van der Waals surface area contributed by atoms with E-state index >= 15 is 0 Å². The van der Waals surface area contributed by atoms with Crippen LogP contribution >= 0.6 is 11.6 Å². The third kappa shape index (κ3) is 6.74. The highest BCUT2D eigenvalue weighted by Crippen LogP contribution is 2.09. The van der Waals surface area contributed by atoms with Gasteiger partial charge < -0.3 is 10.6 Å². The first-order valence-corrected chi connectivity index (χ1v) is 8.40. The Morgan fingerprint density at radius 3 is 2.78 bits per heavy atom. The smallest absolute Gasteiger partial charge is 0.191 e. The molecule has 0 fully saturated rings. The predicted octanol–water partition coefficient (Wildman–Crippen LogP) is 2.72. The molecule has 2 N–H and O–H groups in total. The highest BCUT2D eigenvalue weighted by atomic mass is 35.5. The average Bonchev–Trinajstić information content (AvgIpc) is 3.07. The van der Waals surface area contributed by atoms with Crippen molar-refractivity contribution in [1.29, 1.82) is 0 Å². The lowest BCUT2D eigenvalue weighted by Gasteiger charge is -2.11. The molecular weight excluding hydrogens is 310 g/mol. The molecule has 0 amide bonds. The first kappa shape index (κ1) is 17.3. The number of hydrogen-bond acceptors (Lipinski definition) is 2. The van der Waals surface area contributed by atoms with Crippen LogP contribution in [0.1, 0.15) is 18.9 Å². The predicted molar refractivity (Wildman–Crippen MR) is 96.0 cm³/mol. The van der Waals surface area contributed by atoms with Crippen LogP contribution in [0.25, 0.3) is 0 Å². The number of nitrogens with one attached hydrogen (secondary N) is 2. The topological polar surface area (TPSA) is 54.2 Å². The van der Waals surface area contributed by atoms with E-state index < -0.39 is 0 Å². The van der Waals surface area contributed by atoms with Gasteiger partial charge in [0.05, 0.1) is 0 Å². The zero-order valence-corrected chi connectivity index (χ0v) is 14.3. The molecule has 0 spiro atoms. The van der Waals surface area contributed by atoms with Gasteiger partial charge in [-0.25, -0.2) is 0 Å². The van der Waals surface area contributed by atoms with Crippen LogP contribution in [0.4, 0.5) is 0 Å². The summed E-state index contributed by atoms with van der Waals surface area (Å²) in [5, 5.41) is 11.6. The monoisotopic (exact) mass is 333 g/mol. The minimum absolute atomic E-state index is 0.772. The largest absolute Gasteiger partial charge is 0.357 e. The molecule has 1 aromatic heterocycles. The SMILES string of the molecule is CCNC(=NCCCn1cccn1)NCCc1ccc(Cl)cc1. The Morgan fingerprint density at radius 2 is 2.09 bits per heavy atom. The summed E-state index contributed by atoms with van der Waals surface area (Å²) < 4.78 is 1.93. The first-order chi connectivity index (χ1) is 11.3. The zero-order valence-electron chi connectivity index (χ0n) is 13.5. The number of guanidine groups is 1. The maximum Gasteiger partial charge on any atom is 0.191 e. The highest BCUT2D eigenvalue weighted by molar-refractivity contribution is 6.30. The Balaban J connectivity index is 1.71.